The Bertz CT molecular complexity index is 417. The second kappa shape index (κ2) is 5.89. The van der Waals surface area contributed by atoms with Gasteiger partial charge < -0.3 is 14.4 Å². The highest BCUT2D eigenvalue weighted by atomic mass is 16.5. The van der Waals surface area contributed by atoms with E-state index >= 15 is 0 Å². The van der Waals surface area contributed by atoms with Gasteiger partial charge >= 0.3 is 11.9 Å². The van der Waals surface area contributed by atoms with E-state index in [1.54, 1.807) is 36.2 Å². The first-order valence-electron chi connectivity index (χ1n) is 5.05. The zero-order chi connectivity index (χ0) is 12.8. The average molecular weight is 237 g/mol. The van der Waals surface area contributed by atoms with Crippen molar-refractivity contribution in [1.29, 1.82) is 0 Å². The minimum absolute atomic E-state index is 0.0739. The topological polar surface area (TPSA) is 55.8 Å². The van der Waals surface area contributed by atoms with Crippen LogP contribution in [0.15, 0.2) is 24.3 Å². The minimum atomic E-state index is -0.433. The number of esters is 2. The maximum Gasteiger partial charge on any atom is 0.339 e. The van der Waals surface area contributed by atoms with Crippen molar-refractivity contribution in [2.75, 3.05) is 32.7 Å². The molecule has 92 valence electrons. The number of benzene rings is 1. The fourth-order valence-electron chi connectivity index (χ4n) is 1.43. The smallest absolute Gasteiger partial charge is 0.339 e. The molecular weight excluding hydrogens is 222 g/mol. The molecule has 0 saturated heterocycles. The fraction of sp³-hybridized carbons (Fsp3) is 0.333. The third-order valence-corrected chi connectivity index (χ3v) is 2.31. The quantitative estimate of drug-likeness (QED) is 0.733. The second-order valence-electron chi connectivity index (χ2n) is 3.44. The van der Waals surface area contributed by atoms with Crippen LogP contribution in [0.4, 0.5) is 5.69 Å². The molecule has 0 bridgehead atoms. The van der Waals surface area contributed by atoms with Crippen molar-refractivity contribution >= 4 is 17.6 Å². The summed E-state index contributed by atoms with van der Waals surface area (Å²) in [6.45, 7) is 0.0739. The predicted molar refractivity (Wildman–Crippen MR) is 63.1 cm³/mol. The lowest BCUT2D eigenvalue weighted by molar-refractivity contribution is -0.138. The van der Waals surface area contributed by atoms with Crippen LogP contribution in [0.2, 0.25) is 0 Å². The van der Waals surface area contributed by atoms with Crippen LogP contribution < -0.4 is 4.90 Å². The molecule has 17 heavy (non-hydrogen) atoms. The van der Waals surface area contributed by atoms with Crippen molar-refractivity contribution in [1.82, 2.24) is 0 Å². The molecule has 0 aliphatic rings. The van der Waals surface area contributed by atoms with Crippen LogP contribution in [0.5, 0.6) is 0 Å². The number of rotatable bonds is 4. The number of carbonyl (C=O) groups excluding carboxylic acids is 2. The third-order valence-electron chi connectivity index (χ3n) is 2.31. The molecule has 0 heterocycles. The van der Waals surface area contributed by atoms with Crippen molar-refractivity contribution in [2.24, 2.45) is 0 Å². The zero-order valence-corrected chi connectivity index (χ0v) is 10.1. The van der Waals surface area contributed by atoms with Crippen LogP contribution in [0.25, 0.3) is 0 Å². The van der Waals surface area contributed by atoms with Crippen molar-refractivity contribution in [3.63, 3.8) is 0 Å². The Morgan fingerprint density at radius 2 is 1.82 bits per heavy atom. The Kier molecular flexibility index (Phi) is 4.51. The molecule has 1 aromatic rings. The first kappa shape index (κ1) is 13.0. The van der Waals surface area contributed by atoms with E-state index < -0.39 is 5.97 Å². The average Bonchev–Trinajstić information content (AvgIpc) is 2.37. The van der Waals surface area contributed by atoms with Crippen LogP contribution in [-0.4, -0.2) is 39.8 Å². The molecule has 0 aromatic heterocycles. The molecule has 0 N–H and O–H groups in total. The van der Waals surface area contributed by atoms with E-state index in [0.717, 1.165) is 0 Å². The molecule has 0 amide bonds. The first-order valence-corrected chi connectivity index (χ1v) is 5.05. The van der Waals surface area contributed by atoms with Gasteiger partial charge in [-0.1, -0.05) is 12.1 Å². The lowest BCUT2D eigenvalue weighted by Gasteiger charge is -2.20. The molecule has 0 saturated carbocycles. The van der Waals surface area contributed by atoms with Crippen LogP contribution in [-0.2, 0) is 14.3 Å². The first-order chi connectivity index (χ1) is 8.10. The Hall–Kier alpha value is -2.04. The molecule has 0 radical (unpaired) electrons. The number of para-hydroxylation sites is 1. The van der Waals surface area contributed by atoms with Crippen LogP contribution in [0, 0.1) is 0 Å². The van der Waals surface area contributed by atoms with Gasteiger partial charge in [-0.3, -0.25) is 4.79 Å². The Morgan fingerprint density at radius 1 is 1.18 bits per heavy atom. The lowest BCUT2D eigenvalue weighted by atomic mass is 10.1. The van der Waals surface area contributed by atoms with Gasteiger partial charge in [0.2, 0.25) is 0 Å². The second-order valence-corrected chi connectivity index (χ2v) is 3.44. The van der Waals surface area contributed by atoms with E-state index in [0.29, 0.717) is 11.3 Å². The van der Waals surface area contributed by atoms with Crippen LogP contribution >= 0.6 is 0 Å². The predicted octanol–water partition coefficient (Wildman–Crippen LogP) is 1.08. The van der Waals surface area contributed by atoms with Gasteiger partial charge in [-0.25, -0.2) is 4.79 Å². The molecule has 0 atom stereocenters. The van der Waals surface area contributed by atoms with E-state index in [1.807, 2.05) is 0 Å². The van der Waals surface area contributed by atoms with E-state index in [2.05, 4.69) is 9.47 Å². The van der Waals surface area contributed by atoms with Gasteiger partial charge in [0.25, 0.3) is 0 Å². The molecule has 5 nitrogen and oxygen atoms in total. The number of hydrogen-bond acceptors (Lipinski definition) is 5. The summed E-state index contributed by atoms with van der Waals surface area (Å²) in [5, 5.41) is 0. The van der Waals surface area contributed by atoms with E-state index in [4.69, 9.17) is 0 Å². The molecule has 0 fully saturated rings. The van der Waals surface area contributed by atoms with Gasteiger partial charge in [0.1, 0.15) is 6.54 Å². The van der Waals surface area contributed by atoms with E-state index in [-0.39, 0.29) is 12.5 Å². The number of likely N-dealkylation sites (N-methyl/N-ethyl adjacent to an activating group) is 1. The standard InChI is InChI=1S/C12H15NO4/c1-13(8-11(14)16-2)10-7-5-4-6-9(10)12(15)17-3/h4-7H,8H2,1-3H3. The minimum Gasteiger partial charge on any atom is -0.468 e. The normalized spacial score (nSPS) is 9.59. The Balaban J connectivity index is 2.96. The highest BCUT2D eigenvalue weighted by Crippen LogP contribution is 2.19. The number of anilines is 1. The maximum atomic E-state index is 11.5. The van der Waals surface area contributed by atoms with Gasteiger partial charge in [-0.05, 0) is 12.1 Å². The summed E-state index contributed by atoms with van der Waals surface area (Å²) in [4.78, 5) is 24.3. The van der Waals surface area contributed by atoms with E-state index in [9.17, 15) is 9.59 Å². The molecule has 1 aromatic carbocycles. The fourth-order valence-corrected chi connectivity index (χ4v) is 1.43. The molecule has 0 unspecified atom stereocenters. The molecular formula is C12H15NO4. The van der Waals surface area contributed by atoms with E-state index in [1.165, 1.54) is 14.2 Å². The Labute approximate surface area is 99.9 Å². The van der Waals surface area contributed by atoms with Gasteiger partial charge in [-0.2, -0.15) is 0 Å². The highest BCUT2D eigenvalue weighted by molar-refractivity contribution is 5.96. The summed E-state index contributed by atoms with van der Waals surface area (Å²) in [7, 11) is 4.35. The summed E-state index contributed by atoms with van der Waals surface area (Å²) in [5.41, 5.74) is 1.05. The van der Waals surface area contributed by atoms with Crippen molar-refractivity contribution in [2.45, 2.75) is 0 Å². The van der Waals surface area contributed by atoms with Crippen molar-refractivity contribution in [3.05, 3.63) is 29.8 Å². The number of nitrogens with zero attached hydrogens (tertiary/aromatic N) is 1. The van der Waals surface area contributed by atoms with Gasteiger partial charge in [-0.15, -0.1) is 0 Å². The monoisotopic (exact) mass is 237 g/mol. The third kappa shape index (κ3) is 3.21. The maximum absolute atomic E-state index is 11.5. The van der Waals surface area contributed by atoms with Crippen LogP contribution in [0.3, 0.4) is 0 Å². The molecule has 0 spiro atoms. The Morgan fingerprint density at radius 3 is 2.41 bits per heavy atom. The lowest BCUT2D eigenvalue weighted by Crippen LogP contribution is -2.27. The summed E-state index contributed by atoms with van der Waals surface area (Å²) in [5.74, 6) is -0.801. The number of ether oxygens (including phenoxy) is 2. The molecule has 0 aliphatic carbocycles. The van der Waals surface area contributed by atoms with Gasteiger partial charge in [0.15, 0.2) is 0 Å². The van der Waals surface area contributed by atoms with Gasteiger partial charge in [0.05, 0.1) is 25.5 Å². The summed E-state index contributed by atoms with van der Waals surface area (Å²) in [6, 6.07) is 6.92. The van der Waals surface area contributed by atoms with Crippen LogP contribution in [0.1, 0.15) is 10.4 Å². The van der Waals surface area contributed by atoms with Crippen molar-refractivity contribution < 1.29 is 19.1 Å². The number of hydrogen-bond donors (Lipinski definition) is 0. The number of carbonyl (C=O) groups is 2. The molecule has 1 rings (SSSR count). The molecule has 0 aliphatic heterocycles. The largest absolute Gasteiger partial charge is 0.468 e. The zero-order valence-electron chi connectivity index (χ0n) is 10.1. The summed E-state index contributed by atoms with van der Waals surface area (Å²) in [6.07, 6.45) is 0. The summed E-state index contributed by atoms with van der Waals surface area (Å²) < 4.78 is 9.25. The summed E-state index contributed by atoms with van der Waals surface area (Å²) >= 11 is 0. The SMILES string of the molecule is COC(=O)CN(C)c1ccccc1C(=O)OC. The molecule has 5 heteroatoms. The van der Waals surface area contributed by atoms with Gasteiger partial charge in [0, 0.05) is 7.05 Å². The highest BCUT2D eigenvalue weighted by Gasteiger charge is 2.15. The number of methoxy groups -OCH3 is 2. The van der Waals surface area contributed by atoms with Crippen molar-refractivity contribution in [3.8, 4) is 0 Å².